The Morgan fingerprint density at radius 2 is 2.20 bits per heavy atom. The van der Waals surface area contributed by atoms with Crippen molar-refractivity contribution in [2.75, 3.05) is 5.32 Å². The fourth-order valence-electron chi connectivity index (χ4n) is 1.15. The van der Waals surface area contributed by atoms with E-state index in [-0.39, 0.29) is 17.5 Å². The molecule has 2 rings (SSSR count). The van der Waals surface area contributed by atoms with Gasteiger partial charge in [-0.1, -0.05) is 12.1 Å². The first-order valence-corrected chi connectivity index (χ1v) is 4.36. The molecular formula is C10H9N3O2. The largest absolute Gasteiger partial charge is 0.506 e. The van der Waals surface area contributed by atoms with Crippen LogP contribution >= 0.6 is 0 Å². The molecule has 0 bridgehead atoms. The van der Waals surface area contributed by atoms with Crippen LogP contribution in [0.3, 0.4) is 0 Å². The summed E-state index contributed by atoms with van der Waals surface area (Å²) in [6.07, 6.45) is 3.04. The van der Waals surface area contributed by atoms with Gasteiger partial charge in [-0.2, -0.15) is 0 Å². The van der Waals surface area contributed by atoms with E-state index in [1.165, 1.54) is 12.3 Å². The molecule has 3 N–H and O–H groups in total. The van der Waals surface area contributed by atoms with Crippen LogP contribution in [0.15, 0.2) is 36.7 Å². The molecule has 0 fully saturated rings. The first-order valence-electron chi connectivity index (χ1n) is 4.36. The molecule has 76 valence electrons. The molecule has 0 aliphatic carbocycles. The number of para-hydroxylation sites is 2. The van der Waals surface area contributed by atoms with Crippen LogP contribution in [0.4, 0.5) is 5.69 Å². The second-order valence-electron chi connectivity index (χ2n) is 2.91. The molecule has 0 saturated heterocycles. The number of rotatable bonds is 2. The molecule has 0 atom stereocenters. The molecule has 0 radical (unpaired) electrons. The maximum Gasteiger partial charge on any atom is 0.291 e. The SMILES string of the molecule is O=C(Nc1ccccc1O)c1ncc[nH]1. The zero-order chi connectivity index (χ0) is 10.7. The van der Waals surface area contributed by atoms with Gasteiger partial charge in [-0.05, 0) is 12.1 Å². The van der Waals surface area contributed by atoms with Gasteiger partial charge in [-0.3, -0.25) is 4.79 Å². The molecule has 0 spiro atoms. The van der Waals surface area contributed by atoms with Crippen LogP contribution in [-0.4, -0.2) is 21.0 Å². The molecule has 0 aliphatic heterocycles. The molecule has 5 heteroatoms. The predicted molar refractivity (Wildman–Crippen MR) is 54.6 cm³/mol. The number of carbonyl (C=O) groups is 1. The Morgan fingerprint density at radius 1 is 1.40 bits per heavy atom. The molecule has 2 aromatic rings. The van der Waals surface area contributed by atoms with E-state index in [0.717, 1.165) is 0 Å². The van der Waals surface area contributed by atoms with Crippen molar-refractivity contribution in [3.8, 4) is 5.75 Å². The summed E-state index contributed by atoms with van der Waals surface area (Å²) in [7, 11) is 0. The average molecular weight is 203 g/mol. The highest BCUT2D eigenvalue weighted by atomic mass is 16.3. The number of aromatic nitrogens is 2. The van der Waals surface area contributed by atoms with Crippen LogP contribution in [0, 0.1) is 0 Å². The summed E-state index contributed by atoms with van der Waals surface area (Å²) in [5, 5.41) is 11.9. The minimum absolute atomic E-state index is 0.0254. The predicted octanol–water partition coefficient (Wildman–Crippen LogP) is 1.37. The summed E-state index contributed by atoms with van der Waals surface area (Å²) in [5.41, 5.74) is 0.360. The van der Waals surface area contributed by atoms with Gasteiger partial charge in [0.25, 0.3) is 5.91 Å². The number of aromatic hydroxyl groups is 1. The first-order chi connectivity index (χ1) is 7.27. The number of anilines is 1. The van der Waals surface area contributed by atoms with Crippen molar-refractivity contribution in [1.29, 1.82) is 0 Å². The van der Waals surface area contributed by atoms with E-state index in [2.05, 4.69) is 15.3 Å². The Hall–Kier alpha value is -2.30. The van der Waals surface area contributed by atoms with E-state index < -0.39 is 0 Å². The van der Waals surface area contributed by atoms with Crippen molar-refractivity contribution in [2.24, 2.45) is 0 Å². The van der Waals surface area contributed by atoms with Crippen LogP contribution in [0.2, 0.25) is 0 Å². The number of imidazole rings is 1. The fourth-order valence-corrected chi connectivity index (χ4v) is 1.15. The lowest BCUT2D eigenvalue weighted by Gasteiger charge is -2.04. The van der Waals surface area contributed by atoms with Gasteiger partial charge in [0.15, 0.2) is 5.82 Å². The zero-order valence-corrected chi connectivity index (χ0v) is 7.77. The molecule has 1 amide bonds. The van der Waals surface area contributed by atoms with Crippen molar-refractivity contribution < 1.29 is 9.90 Å². The normalized spacial score (nSPS) is 9.87. The molecule has 1 aromatic heterocycles. The number of carbonyl (C=O) groups excluding carboxylic acids is 1. The van der Waals surface area contributed by atoms with Crippen LogP contribution in [0.1, 0.15) is 10.6 Å². The summed E-state index contributed by atoms with van der Waals surface area (Å²) < 4.78 is 0. The number of nitrogens with one attached hydrogen (secondary N) is 2. The summed E-state index contributed by atoms with van der Waals surface area (Å²) >= 11 is 0. The number of hydrogen-bond acceptors (Lipinski definition) is 3. The lowest BCUT2D eigenvalue weighted by molar-refractivity contribution is 0.101. The topological polar surface area (TPSA) is 78.0 Å². The van der Waals surface area contributed by atoms with E-state index >= 15 is 0 Å². The number of aromatic amines is 1. The fraction of sp³-hybridized carbons (Fsp3) is 0. The Bertz CT molecular complexity index is 465. The molecule has 15 heavy (non-hydrogen) atoms. The van der Waals surface area contributed by atoms with Gasteiger partial charge >= 0.3 is 0 Å². The highest BCUT2D eigenvalue weighted by molar-refractivity contribution is 6.02. The zero-order valence-electron chi connectivity index (χ0n) is 7.77. The molecule has 0 unspecified atom stereocenters. The summed E-state index contributed by atoms with van der Waals surface area (Å²) in [5.74, 6) is -0.155. The maximum atomic E-state index is 11.5. The van der Waals surface area contributed by atoms with Crippen LogP contribution in [0.25, 0.3) is 0 Å². The first kappa shape index (κ1) is 9.26. The Morgan fingerprint density at radius 3 is 2.87 bits per heavy atom. The highest BCUT2D eigenvalue weighted by Gasteiger charge is 2.09. The van der Waals surface area contributed by atoms with Crippen molar-refractivity contribution >= 4 is 11.6 Å². The van der Waals surface area contributed by atoms with E-state index in [1.54, 1.807) is 24.4 Å². The molecule has 1 heterocycles. The third-order valence-corrected chi connectivity index (χ3v) is 1.87. The lowest BCUT2D eigenvalue weighted by atomic mass is 10.3. The Labute approximate surface area is 85.8 Å². The van der Waals surface area contributed by atoms with E-state index in [9.17, 15) is 9.90 Å². The van der Waals surface area contributed by atoms with Gasteiger partial charge in [0, 0.05) is 12.4 Å². The smallest absolute Gasteiger partial charge is 0.291 e. The Balaban J connectivity index is 2.17. The summed E-state index contributed by atoms with van der Waals surface area (Å²) in [6, 6.07) is 6.50. The monoisotopic (exact) mass is 203 g/mol. The quantitative estimate of drug-likeness (QED) is 0.645. The molecule has 0 saturated carbocycles. The van der Waals surface area contributed by atoms with E-state index in [1.807, 2.05) is 0 Å². The van der Waals surface area contributed by atoms with Crippen molar-refractivity contribution in [2.45, 2.75) is 0 Å². The van der Waals surface area contributed by atoms with Gasteiger partial charge < -0.3 is 15.4 Å². The van der Waals surface area contributed by atoms with Crippen molar-refractivity contribution in [3.05, 3.63) is 42.5 Å². The minimum atomic E-state index is -0.387. The van der Waals surface area contributed by atoms with Crippen LogP contribution < -0.4 is 5.32 Å². The number of phenolic OH excluding ortho intramolecular Hbond substituents is 1. The summed E-state index contributed by atoms with van der Waals surface area (Å²) in [6.45, 7) is 0. The standard InChI is InChI=1S/C10H9N3O2/c14-8-4-2-1-3-7(8)13-10(15)9-11-5-6-12-9/h1-6,14H,(H,11,12)(H,13,15). The summed E-state index contributed by atoms with van der Waals surface area (Å²) in [4.78, 5) is 18.0. The Kier molecular flexibility index (Phi) is 2.37. The number of phenols is 1. The lowest BCUT2D eigenvalue weighted by Crippen LogP contribution is -2.13. The van der Waals surface area contributed by atoms with Gasteiger partial charge in [0.1, 0.15) is 5.75 Å². The second kappa shape index (κ2) is 3.83. The number of amides is 1. The number of hydrogen-bond donors (Lipinski definition) is 3. The van der Waals surface area contributed by atoms with E-state index in [0.29, 0.717) is 5.69 Å². The molecular weight excluding hydrogens is 194 g/mol. The maximum absolute atomic E-state index is 11.5. The average Bonchev–Trinajstić information content (AvgIpc) is 2.74. The van der Waals surface area contributed by atoms with Crippen LogP contribution in [0.5, 0.6) is 5.75 Å². The van der Waals surface area contributed by atoms with Gasteiger partial charge in [0.2, 0.25) is 0 Å². The molecule has 5 nitrogen and oxygen atoms in total. The van der Waals surface area contributed by atoms with Gasteiger partial charge in [-0.15, -0.1) is 0 Å². The van der Waals surface area contributed by atoms with Crippen LogP contribution in [-0.2, 0) is 0 Å². The molecule has 0 aliphatic rings. The van der Waals surface area contributed by atoms with Gasteiger partial charge in [-0.25, -0.2) is 4.98 Å². The number of H-pyrrole nitrogens is 1. The third-order valence-electron chi connectivity index (χ3n) is 1.87. The highest BCUT2D eigenvalue weighted by Crippen LogP contribution is 2.21. The van der Waals surface area contributed by atoms with Crippen molar-refractivity contribution in [3.63, 3.8) is 0 Å². The number of nitrogens with zero attached hydrogens (tertiary/aromatic N) is 1. The third kappa shape index (κ3) is 1.96. The van der Waals surface area contributed by atoms with Gasteiger partial charge in [0.05, 0.1) is 5.69 Å². The molecule has 1 aromatic carbocycles. The number of benzene rings is 1. The van der Waals surface area contributed by atoms with E-state index in [4.69, 9.17) is 0 Å². The van der Waals surface area contributed by atoms with Crippen molar-refractivity contribution in [1.82, 2.24) is 9.97 Å². The second-order valence-corrected chi connectivity index (χ2v) is 2.91. The minimum Gasteiger partial charge on any atom is -0.506 e.